The average Bonchev–Trinajstić information content (AvgIpc) is 3.11. The fourth-order valence-corrected chi connectivity index (χ4v) is 2.36. The highest BCUT2D eigenvalue weighted by Gasteiger charge is 2.16. The zero-order valence-electron chi connectivity index (χ0n) is 13.9. The summed E-state index contributed by atoms with van der Waals surface area (Å²) in [5, 5.41) is 8.17. The highest BCUT2D eigenvalue weighted by Crippen LogP contribution is 2.14. The van der Waals surface area contributed by atoms with Gasteiger partial charge in [0.05, 0.1) is 18.3 Å². The van der Waals surface area contributed by atoms with Crippen LogP contribution in [0.3, 0.4) is 0 Å². The molecule has 0 aliphatic heterocycles. The van der Waals surface area contributed by atoms with Crippen LogP contribution >= 0.6 is 0 Å². The molecule has 0 aliphatic rings. The number of rotatable bonds is 4. The largest absolute Gasteiger partial charge is 0.441 e. The third-order valence-corrected chi connectivity index (χ3v) is 3.70. The zero-order chi connectivity index (χ0) is 17.3. The van der Waals surface area contributed by atoms with Gasteiger partial charge in [-0.25, -0.2) is 9.18 Å². The van der Waals surface area contributed by atoms with E-state index in [1.165, 1.54) is 16.7 Å². The highest BCUT2D eigenvalue weighted by atomic mass is 19.1. The lowest BCUT2D eigenvalue weighted by Crippen LogP contribution is -2.22. The highest BCUT2D eigenvalue weighted by molar-refractivity contribution is 5.20. The van der Waals surface area contributed by atoms with E-state index in [4.69, 9.17) is 4.52 Å². The fourth-order valence-electron chi connectivity index (χ4n) is 2.36. The number of benzene rings is 1. The van der Waals surface area contributed by atoms with Gasteiger partial charge in [-0.15, -0.1) is 0 Å². The lowest BCUT2D eigenvalue weighted by molar-refractivity contribution is 0.355. The van der Waals surface area contributed by atoms with Crippen LogP contribution in [-0.2, 0) is 18.5 Å². The lowest BCUT2D eigenvalue weighted by atomic mass is 10.1. The van der Waals surface area contributed by atoms with Crippen LogP contribution in [0.1, 0.15) is 37.7 Å². The molecule has 0 saturated heterocycles. The maximum Gasteiger partial charge on any atom is 0.441 e. The Labute approximate surface area is 138 Å². The third-order valence-electron chi connectivity index (χ3n) is 3.70. The van der Waals surface area contributed by atoms with Crippen molar-refractivity contribution in [2.45, 2.75) is 39.3 Å². The number of hydrogen-bond acceptors (Lipinski definition) is 4. The Morgan fingerprint density at radius 1 is 1.17 bits per heavy atom. The van der Waals surface area contributed by atoms with Crippen LogP contribution in [0.15, 0.2) is 46.0 Å². The summed E-state index contributed by atoms with van der Waals surface area (Å²) in [4.78, 5) is 11.9. The summed E-state index contributed by atoms with van der Waals surface area (Å²) in [5.41, 5.74) is 1.61. The molecule has 0 fully saturated rings. The quantitative estimate of drug-likeness (QED) is 0.737. The molecule has 0 saturated carbocycles. The number of halogens is 1. The maximum atomic E-state index is 13.0. The van der Waals surface area contributed by atoms with E-state index in [-0.39, 0.29) is 11.4 Å². The molecule has 0 N–H and O–H groups in total. The Bertz CT molecular complexity index is 884. The van der Waals surface area contributed by atoms with Crippen molar-refractivity contribution < 1.29 is 8.91 Å². The van der Waals surface area contributed by atoms with Gasteiger partial charge in [-0.3, -0.25) is 13.8 Å². The molecule has 0 bridgehead atoms. The van der Waals surface area contributed by atoms with Gasteiger partial charge in [0.25, 0.3) is 0 Å². The number of aromatic nitrogens is 4. The minimum atomic E-state index is -0.518. The second-order valence-electron chi connectivity index (χ2n) is 6.72. The zero-order valence-corrected chi connectivity index (χ0v) is 13.9. The van der Waals surface area contributed by atoms with E-state index in [0.717, 1.165) is 11.1 Å². The van der Waals surface area contributed by atoms with Crippen LogP contribution in [0.5, 0.6) is 0 Å². The van der Waals surface area contributed by atoms with E-state index in [2.05, 4.69) is 31.0 Å². The van der Waals surface area contributed by atoms with Crippen molar-refractivity contribution in [2.24, 2.45) is 0 Å². The fraction of sp³-hybridized carbons (Fsp3) is 0.353. The second kappa shape index (κ2) is 6.07. The van der Waals surface area contributed by atoms with Crippen molar-refractivity contribution in [3.05, 3.63) is 70.0 Å². The van der Waals surface area contributed by atoms with Gasteiger partial charge < -0.3 is 0 Å². The Morgan fingerprint density at radius 3 is 2.50 bits per heavy atom. The summed E-state index contributed by atoms with van der Waals surface area (Å²) >= 11 is 0. The van der Waals surface area contributed by atoms with E-state index in [9.17, 15) is 9.18 Å². The van der Waals surface area contributed by atoms with E-state index in [0.29, 0.717) is 18.8 Å². The van der Waals surface area contributed by atoms with Crippen LogP contribution in [0.4, 0.5) is 4.39 Å². The minimum absolute atomic E-state index is 0.130. The van der Waals surface area contributed by atoms with Crippen LogP contribution in [0.2, 0.25) is 0 Å². The molecule has 0 amide bonds. The number of hydrogen-bond donors (Lipinski definition) is 0. The van der Waals surface area contributed by atoms with Gasteiger partial charge in [0.15, 0.2) is 5.82 Å². The Balaban J connectivity index is 1.84. The average molecular weight is 330 g/mol. The molecular formula is C17H19FN4O2. The van der Waals surface area contributed by atoms with E-state index in [1.54, 1.807) is 18.3 Å². The van der Waals surface area contributed by atoms with Crippen molar-refractivity contribution in [3.63, 3.8) is 0 Å². The van der Waals surface area contributed by atoms with Crippen molar-refractivity contribution in [3.8, 4) is 0 Å². The Hall–Kier alpha value is -2.70. The summed E-state index contributed by atoms with van der Waals surface area (Å²) in [6.07, 6.45) is 4.02. The van der Waals surface area contributed by atoms with Crippen molar-refractivity contribution in [1.82, 2.24) is 19.5 Å². The van der Waals surface area contributed by atoms with Crippen LogP contribution in [0.25, 0.3) is 0 Å². The molecule has 0 spiro atoms. The molecule has 7 heteroatoms. The smallest absolute Gasteiger partial charge is 0.296 e. The van der Waals surface area contributed by atoms with Gasteiger partial charge in [-0.1, -0.05) is 17.3 Å². The Kier molecular flexibility index (Phi) is 4.09. The molecule has 2 aromatic heterocycles. The van der Waals surface area contributed by atoms with Crippen molar-refractivity contribution >= 4 is 0 Å². The topological polar surface area (TPSA) is 65.8 Å². The first kappa shape index (κ1) is 16.2. The van der Waals surface area contributed by atoms with Gasteiger partial charge in [-0.05, 0) is 38.5 Å². The normalized spacial score (nSPS) is 11.8. The van der Waals surface area contributed by atoms with Gasteiger partial charge in [0.2, 0.25) is 0 Å². The molecule has 1 aromatic carbocycles. The molecule has 126 valence electrons. The van der Waals surface area contributed by atoms with Gasteiger partial charge >= 0.3 is 5.76 Å². The van der Waals surface area contributed by atoms with Crippen LogP contribution < -0.4 is 5.76 Å². The second-order valence-corrected chi connectivity index (χ2v) is 6.72. The summed E-state index contributed by atoms with van der Waals surface area (Å²) in [7, 11) is 0. The molecular weight excluding hydrogens is 311 g/mol. The lowest BCUT2D eigenvalue weighted by Gasteiger charge is -2.18. The van der Waals surface area contributed by atoms with E-state index in [1.807, 2.05) is 10.9 Å². The van der Waals surface area contributed by atoms with E-state index < -0.39 is 5.76 Å². The molecule has 0 unspecified atom stereocenters. The molecule has 0 atom stereocenters. The summed E-state index contributed by atoms with van der Waals surface area (Å²) < 4.78 is 21.1. The molecule has 24 heavy (non-hydrogen) atoms. The third kappa shape index (κ3) is 3.45. The van der Waals surface area contributed by atoms with E-state index >= 15 is 0 Å². The minimum Gasteiger partial charge on any atom is -0.296 e. The summed E-state index contributed by atoms with van der Waals surface area (Å²) in [6.45, 7) is 6.48. The SMILES string of the molecule is CC(C)(C)n1cc(Cn2c(Cc3ccc(F)cc3)noc2=O)cn1. The summed E-state index contributed by atoms with van der Waals surface area (Å²) in [6, 6.07) is 6.09. The van der Waals surface area contributed by atoms with Crippen LogP contribution in [0, 0.1) is 5.82 Å². The van der Waals surface area contributed by atoms with Gasteiger partial charge in [0.1, 0.15) is 5.82 Å². The molecule has 3 aromatic rings. The number of nitrogens with zero attached hydrogens (tertiary/aromatic N) is 4. The molecule has 0 radical (unpaired) electrons. The molecule has 0 aliphatic carbocycles. The first-order valence-corrected chi connectivity index (χ1v) is 7.67. The molecule has 2 heterocycles. The monoisotopic (exact) mass is 330 g/mol. The Morgan fingerprint density at radius 2 is 1.88 bits per heavy atom. The first-order valence-electron chi connectivity index (χ1n) is 7.67. The first-order chi connectivity index (χ1) is 11.3. The standard InChI is InChI=1S/C17H19FN4O2/c1-17(2,3)22-11-13(9-19-22)10-21-15(20-24-16(21)23)8-12-4-6-14(18)7-5-12/h4-7,9,11H,8,10H2,1-3H3. The predicted molar refractivity (Wildman–Crippen MR) is 86.3 cm³/mol. The van der Waals surface area contributed by atoms with Crippen molar-refractivity contribution in [2.75, 3.05) is 0 Å². The maximum absolute atomic E-state index is 13.0. The van der Waals surface area contributed by atoms with Gasteiger partial charge in [0, 0.05) is 18.2 Å². The van der Waals surface area contributed by atoms with Crippen molar-refractivity contribution in [1.29, 1.82) is 0 Å². The summed E-state index contributed by atoms with van der Waals surface area (Å²) in [5.74, 6) is -0.323. The predicted octanol–water partition coefficient (Wildman–Crippen LogP) is 2.57. The van der Waals surface area contributed by atoms with Gasteiger partial charge in [-0.2, -0.15) is 5.10 Å². The van der Waals surface area contributed by atoms with Crippen LogP contribution in [-0.4, -0.2) is 19.5 Å². The molecule has 6 nitrogen and oxygen atoms in total. The molecule has 3 rings (SSSR count).